The predicted molar refractivity (Wildman–Crippen MR) is 75.8 cm³/mol. The predicted octanol–water partition coefficient (Wildman–Crippen LogP) is 3.00. The van der Waals surface area contributed by atoms with Gasteiger partial charge in [0.05, 0.1) is 7.11 Å². The van der Waals surface area contributed by atoms with Gasteiger partial charge >= 0.3 is 6.03 Å². The number of azide groups is 1. The molecule has 7 heteroatoms. The van der Waals surface area contributed by atoms with Gasteiger partial charge in [0.2, 0.25) is 0 Å². The Morgan fingerprint density at radius 1 is 1.55 bits per heavy atom. The Labute approximate surface area is 117 Å². The van der Waals surface area contributed by atoms with Gasteiger partial charge in [-0.3, -0.25) is 0 Å². The average molecular weight is 275 g/mol. The van der Waals surface area contributed by atoms with Crippen molar-refractivity contribution >= 4 is 11.7 Å². The molecule has 0 aromatic heterocycles. The van der Waals surface area contributed by atoms with Crippen LogP contribution in [0.5, 0.6) is 5.75 Å². The van der Waals surface area contributed by atoms with Gasteiger partial charge in [0.25, 0.3) is 0 Å². The van der Waals surface area contributed by atoms with Crippen molar-refractivity contribution in [2.45, 2.75) is 18.9 Å². The van der Waals surface area contributed by atoms with Crippen molar-refractivity contribution in [1.82, 2.24) is 4.90 Å². The SMILES string of the molecule is COc1ccc(NC(=O)N2CCCC2CN=[N+]=[N-])cc1. The second kappa shape index (κ2) is 6.68. The van der Waals surface area contributed by atoms with Gasteiger partial charge in [-0.05, 0) is 42.6 Å². The molecule has 20 heavy (non-hydrogen) atoms. The van der Waals surface area contributed by atoms with Crippen LogP contribution in [0.25, 0.3) is 10.4 Å². The van der Waals surface area contributed by atoms with E-state index in [1.807, 2.05) is 0 Å². The molecule has 2 rings (SSSR count). The van der Waals surface area contributed by atoms with Crippen LogP contribution in [0.4, 0.5) is 10.5 Å². The summed E-state index contributed by atoms with van der Waals surface area (Å²) < 4.78 is 5.07. The van der Waals surface area contributed by atoms with E-state index in [4.69, 9.17) is 10.3 Å². The van der Waals surface area contributed by atoms with Gasteiger partial charge in [0.15, 0.2) is 0 Å². The zero-order valence-electron chi connectivity index (χ0n) is 11.3. The maximum atomic E-state index is 12.2. The lowest BCUT2D eigenvalue weighted by Gasteiger charge is -2.23. The topological polar surface area (TPSA) is 90.3 Å². The first-order valence-corrected chi connectivity index (χ1v) is 6.47. The number of amides is 2. The number of urea groups is 1. The van der Waals surface area contributed by atoms with Crippen LogP contribution in [0.3, 0.4) is 0 Å². The molecule has 1 aliphatic rings. The number of methoxy groups -OCH3 is 1. The second-order valence-corrected chi connectivity index (χ2v) is 4.56. The molecular weight excluding hydrogens is 258 g/mol. The second-order valence-electron chi connectivity index (χ2n) is 4.56. The van der Waals surface area contributed by atoms with Crippen LogP contribution in [-0.2, 0) is 0 Å². The molecule has 1 atom stereocenters. The summed E-state index contributed by atoms with van der Waals surface area (Å²) in [7, 11) is 1.60. The van der Waals surface area contributed by atoms with E-state index < -0.39 is 0 Å². The molecule has 7 nitrogen and oxygen atoms in total. The van der Waals surface area contributed by atoms with Crippen LogP contribution in [0.2, 0.25) is 0 Å². The molecule has 0 radical (unpaired) electrons. The lowest BCUT2D eigenvalue weighted by molar-refractivity contribution is 0.208. The normalized spacial score (nSPS) is 17.4. The number of nitrogens with zero attached hydrogens (tertiary/aromatic N) is 4. The van der Waals surface area contributed by atoms with Crippen molar-refractivity contribution in [1.29, 1.82) is 0 Å². The Kier molecular flexibility index (Phi) is 4.68. The first-order valence-electron chi connectivity index (χ1n) is 6.47. The number of anilines is 1. The molecule has 0 aliphatic carbocycles. The van der Waals surface area contributed by atoms with Gasteiger partial charge in [0, 0.05) is 29.7 Å². The fraction of sp³-hybridized carbons (Fsp3) is 0.462. The Morgan fingerprint density at radius 2 is 2.30 bits per heavy atom. The Bertz CT molecular complexity index is 510. The number of likely N-dealkylation sites (tertiary alicyclic amines) is 1. The molecule has 106 valence electrons. The molecule has 1 aliphatic heterocycles. The molecule has 1 fully saturated rings. The standard InChI is InChI=1S/C13H17N5O2/c1-20-12-6-4-10(5-7-12)16-13(19)18-8-2-3-11(18)9-15-17-14/h4-7,11H,2-3,8-9H2,1H3,(H,16,19). The third-order valence-corrected chi connectivity index (χ3v) is 3.33. The van der Waals surface area contributed by atoms with Gasteiger partial charge < -0.3 is 15.0 Å². The Hall–Kier alpha value is -2.40. The van der Waals surface area contributed by atoms with Crippen LogP contribution in [0, 0.1) is 0 Å². The molecule has 1 saturated heterocycles. The van der Waals surface area contributed by atoms with Crippen LogP contribution in [0.1, 0.15) is 12.8 Å². The minimum Gasteiger partial charge on any atom is -0.497 e. The number of carbonyl (C=O) groups is 1. The van der Waals surface area contributed by atoms with Crippen LogP contribution >= 0.6 is 0 Å². The Balaban J connectivity index is 1.97. The lowest BCUT2D eigenvalue weighted by Crippen LogP contribution is -2.40. The average Bonchev–Trinajstić information content (AvgIpc) is 2.94. The van der Waals surface area contributed by atoms with E-state index in [1.165, 1.54) is 0 Å². The van der Waals surface area contributed by atoms with Crippen molar-refractivity contribution < 1.29 is 9.53 Å². The fourth-order valence-electron chi connectivity index (χ4n) is 2.29. The van der Waals surface area contributed by atoms with Crippen molar-refractivity contribution in [3.8, 4) is 5.75 Å². The monoisotopic (exact) mass is 275 g/mol. The highest BCUT2D eigenvalue weighted by Crippen LogP contribution is 2.20. The maximum absolute atomic E-state index is 12.2. The molecule has 1 N–H and O–H groups in total. The van der Waals surface area contributed by atoms with E-state index in [0.717, 1.165) is 18.6 Å². The van der Waals surface area contributed by atoms with Gasteiger partial charge in [-0.15, -0.1) is 0 Å². The summed E-state index contributed by atoms with van der Waals surface area (Å²) >= 11 is 0. The first kappa shape index (κ1) is 14.0. The number of hydrogen-bond acceptors (Lipinski definition) is 3. The van der Waals surface area contributed by atoms with E-state index in [9.17, 15) is 4.79 Å². The van der Waals surface area contributed by atoms with Gasteiger partial charge in [-0.1, -0.05) is 5.11 Å². The highest BCUT2D eigenvalue weighted by molar-refractivity contribution is 5.89. The zero-order valence-corrected chi connectivity index (χ0v) is 11.3. The van der Waals surface area contributed by atoms with Crippen molar-refractivity contribution in [3.05, 3.63) is 34.7 Å². The minimum absolute atomic E-state index is 0.0100. The largest absolute Gasteiger partial charge is 0.497 e. The number of benzene rings is 1. The highest BCUT2D eigenvalue weighted by Gasteiger charge is 2.28. The summed E-state index contributed by atoms with van der Waals surface area (Å²) in [5, 5.41) is 6.40. The lowest BCUT2D eigenvalue weighted by atomic mass is 10.2. The highest BCUT2D eigenvalue weighted by atomic mass is 16.5. The number of ether oxygens (including phenoxy) is 1. The van der Waals surface area contributed by atoms with E-state index in [-0.39, 0.29) is 12.1 Å². The Morgan fingerprint density at radius 3 is 2.95 bits per heavy atom. The summed E-state index contributed by atoms with van der Waals surface area (Å²) in [6.45, 7) is 1.01. The summed E-state index contributed by atoms with van der Waals surface area (Å²) in [6.07, 6.45) is 1.80. The summed E-state index contributed by atoms with van der Waals surface area (Å²) in [5.74, 6) is 0.741. The number of hydrogen-bond donors (Lipinski definition) is 1. The van der Waals surface area contributed by atoms with Crippen molar-refractivity contribution in [2.24, 2.45) is 5.11 Å². The van der Waals surface area contributed by atoms with E-state index in [0.29, 0.717) is 18.8 Å². The molecule has 1 heterocycles. The number of carbonyl (C=O) groups excluding carboxylic acids is 1. The molecule has 2 amide bonds. The van der Waals surface area contributed by atoms with E-state index in [1.54, 1.807) is 36.3 Å². The molecule has 1 aromatic carbocycles. The molecular formula is C13H17N5O2. The maximum Gasteiger partial charge on any atom is 0.322 e. The molecule has 1 aromatic rings. The number of rotatable bonds is 4. The van der Waals surface area contributed by atoms with Crippen molar-refractivity contribution in [3.63, 3.8) is 0 Å². The molecule has 0 bridgehead atoms. The third kappa shape index (κ3) is 3.33. The first-order chi connectivity index (χ1) is 9.74. The summed E-state index contributed by atoms with van der Waals surface area (Å²) in [4.78, 5) is 16.7. The van der Waals surface area contributed by atoms with Crippen LogP contribution in [0.15, 0.2) is 29.4 Å². The van der Waals surface area contributed by atoms with Crippen LogP contribution < -0.4 is 10.1 Å². The minimum atomic E-state index is -0.161. The smallest absolute Gasteiger partial charge is 0.322 e. The molecule has 0 spiro atoms. The molecule has 0 saturated carbocycles. The molecule has 1 unspecified atom stereocenters. The summed E-state index contributed by atoms with van der Waals surface area (Å²) in [6, 6.07) is 6.98. The van der Waals surface area contributed by atoms with E-state index >= 15 is 0 Å². The van der Waals surface area contributed by atoms with Crippen molar-refractivity contribution in [2.75, 3.05) is 25.5 Å². The fourth-order valence-corrected chi connectivity index (χ4v) is 2.29. The van der Waals surface area contributed by atoms with Gasteiger partial charge in [-0.25, -0.2) is 4.79 Å². The quantitative estimate of drug-likeness (QED) is 0.520. The van der Waals surface area contributed by atoms with Gasteiger partial charge in [-0.2, -0.15) is 0 Å². The summed E-state index contributed by atoms with van der Waals surface area (Å²) in [5.41, 5.74) is 9.08. The van der Waals surface area contributed by atoms with E-state index in [2.05, 4.69) is 15.3 Å². The zero-order chi connectivity index (χ0) is 14.4. The third-order valence-electron chi connectivity index (χ3n) is 3.33. The van der Waals surface area contributed by atoms with Gasteiger partial charge in [0.1, 0.15) is 5.75 Å². The van der Waals surface area contributed by atoms with Crippen LogP contribution in [-0.4, -0.2) is 37.2 Å². The number of nitrogens with one attached hydrogen (secondary N) is 1.